The normalized spacial score (nSPS) is 11.6. The Morgan fingerprint density at radius 2 is 1.77 bits per heavy atom. The molecular weight excluding hydrogens is 364 g/mol. The second-order valence-corrected chi connectivity index (χ2v) is 7.35. The van der Waals surface area contributed by atoms with Gasteiger partial charge in [-0.05, 0) is 35.9 Å². The lowest BCUT2D eigenvalue weighted by Crippen LogP contribution is -2.31. The molecule has 0 unspecified atom stereocenters. The summed E-state index contributed by atoms with van der Waals surface area (Å²) in [6.07, 6.45) is 0. The Labute approximate surface area is 151 Å². The minimum absolute atomic E-state index is 0.103. The summed E-state index contributed by atoms with van der Waals surface area (Å²) in [6, 6.07) is 8.54. The second-order valence-electron chi connectivity index (χ2n) is 5.44. The van der Waals surface area contributed by atoms with Crippen molar-refractivity contribution in [2.24, 2.45) is 0 Å². The Balaban J connectivity index is 2.24. The Hall–Kier alpha value is -2.32. The van der Waals surface area contributed by atoms with Gasteiger partial charge < -0.3 is 4.74 Å². The molecule has 0 aromatic heterocycles. The van der Waals surface area contributed by atoms with Crippen LogP contribution in [0.1, 0.15) is 29.8 Å². The maximum atomic E-state index is 14.1. The topological polar surface area (TPSA) is 63.7 Å². The van der Waals surface area contributed by atoms with Crippen molar-refractivity contribution in [2.45, 2.75) is 25.3 Å². The van der Waals surface area contributed by atoms with Gasteiger partial charge in [-0.25, -0.2) is 22.0 Å². The van der Waals surface area contributed by atoms with E-state index in [-0.39, 0.29) is 25.3 Å². The van der Waals surface area contributed by atoms with E-state index in [0.29, 0.717) is 5.56 Å². The zero-order valence-electron chi connectivity index (χ0n) is 14.4. The molecule has 5 nitrogen and oxygen atoms in total. The number of ether oxygens (including phenoxy) is 1. The van der Waals surface area contributed by atoms with Crippen LogP contribution in [0.4, 0.5) is 8.78 Å². The lowest BCUT2D eigenvalue weighted by molar-refractivity contribution is 0.0472. The first-order valence-corrected chi connectivity index (χ1v) is 9.44. The molecule has 0 saturated carbocycles. The van der Waals surface area contributed by atoms with Crippen LogP contribution in [0, 0.1) is 11.6 Å². The quantitative estimate of drug-likeness (QED) is 0.688. The first-order valence-electron chi connectivity index (χ1n) is 8.00. The fraction of sp³-hybridized carbons (Fsp3) is 0.278. The third-order valence-corrected chi connectivity index (χ3v) is 5.81. The number of carbonyl (C=O) groups excluding carboxylic acids is 1. The molecule has 0 fully saturated rings. The van der Waals surface area contributed by atoms with Crippen molar-refractivity contribution in [1.82, 2.24) is 4.31 Å². The van der Waals surface area contributed by atoms with Crippen LogP contribution in [0.2, 0.25) is 0 Å². The number of benzene rings is 2. The van der Waals surface area contributed by atoms with Crippen LogP contribution >= 0.6 is 0 Å². The summed E-state index contributed by atoms with van der Waals surface area (Å²) in [5.74, 6) is -2.24. The number of nitrogens with zero attached hydrogens (tertiary/aromatic N) is 1. The van der Waals surface area contributed by atoms with Crippen molar-refractivity contribution in [3.8, 4) is 0 Å². The molecule has 0 spiro atoms. The molecule has 0 N–H and O–H groups in total. The van der Waals surface area contributed by atoms with Crippen molar-refractivity contribution in [2.75, 3.05) is 13.1 Å². The van der Waals surface area contributed by atoms with E-state index in [2.05, 4.69) is 0 Å². The Kier molecular flexibility index (Phi) is 6.44. The van der Waals surface area contributed by atoms with Crippen LogP contribution < -0.4 is 0 Å². The zero-order valence-corrected chi connectivity index (χ0v) is 15.2. The van der Waals surface area contributed by atoms with Crippen molar-refractivity contribution in [3.63, 3.8) is 0 Å². The Morgan fingerprint density at radius 3 is 2.38 bits per heavy atom. The van der Waals surface area contributed by atoms with Crippen LogP contribution in [-0.2, 0) is 21.4 Å². The number of esters is 1. The molecule has 0 aliphatic carbocycles. The fourth-order valence-corrected chi connectivity index (χ4v) is 3.94. The monoisotopic (exact) mass is 383 g/mol. The number of halogens is 2. The first kappa shape index (κ1) is 20.0. The molecular formula is C18H19F2NO4S. The highest BCUT2D eigenvalue weighted by Crippen LogP contribution is 2.21. The average Bonchev–Trinajstić information content (AvgIpc) is 2.60. The minimum atomic E-state index is -4.06. The third kappa shape index (κ3) is 4.44. The highest BCUT2D eigenvalue weighted by Gasteiger charge is 2.26. The van der Waals surface area contributed by atoms with Gasteiger partial charge in [-0.15, -0.1) is 0 Å². The molecule has 8 heteroatoms. The molecule has 0 atom stereocenters. The summed E-state index contributed by atoms with van der Waals surface area (Å²) < 4.78 is 58.3. The highest BCUT2D eigenvalue weighted by molar-refractivity contribution is 7.89. The molecule has 2 rings (SSSR count). The van der Waals surface area contributed by atoms with Crippen LogP contribution in [0.25, 0.3) is 0 Å². The maximum absolute atomic E-state index is 14.1. The molecule has 0 heterocycles. The van der Waals surface area contributed by atoms with Crippen LogP contribution in [-0.4, -0.2) is 31.8 Å². The number of rotatable bonds is 7. The van der Waals surface area contributed by atoms with Gasteiger partial charge in [0.1, 0.15) is 23.1 Å². The predicted molar refractivity (Wildman–Crippen MR) is 92.0 cm³/mol. The molecule has 0 saturated heterocycles. The standard InChI is InChI=1S/C18H19F2NO4S/c1-3-21(4-2)26(23,24)17-11-14(8-9-16(17)20)18(22)25-12-13-6-5-7-15(19)10-13/h5-11H,3-4,12H2,1-2H3. The Morgan fingerprint density at radius 1 is 1.08 bits per heavy atom. The maximum Gasteiger partial charge on any atom is 0.338 e. The summed E-state index contributed by atoms with van der Waals surface area (Å²) >= 11 is 0. The van der Waals surface area contributed by atoms with Gasteiger partial charge >= 0.3 is 5.97 Å². The van der Waals surface area contributed by atoms with Gasteiger partial charge in [0.05, 0.1) is 5.56 Å². The SMILES string of the molecule is CCN(CC)S(=O)(=O)c1cc(C(=O)OCc2cccc(F)c2)ccc1F. The van der Waals surface area contributed by atoms with E-state index in [1.54, 1.807) is 19.9 Å². The number of hydrogen-bond donors (Lipinski definition) is 0. The predicted octanol–water partition coefficient (Wildman–Crippen LogP) is 3.35. The van der Waals surface area contributed by atoms with E-state index in [4.69, 9.17) is 4.74 Å². The fourth-order valence-electron chi connectivity index (χ4n) is 2.39. The van der Waals surface area contributed by atoms with E-state index >= 15 is 0 Å². The molecule has 26 heavy (non-hydrogen) atoms. The lowest BCUT2D eigenvalue weighted by Gasteiger charge is -2.19. The van der Waals surface area contributed by atoms with Gasteiger partial charge in [0.15, 0.2) is 0 Å². The van der Waals surface area contributed by atoms with Crippen LogP contribution in [0.15, 0.2) is 47.4 Å². The van der Waals surface area contributed by atoms with Gasteiger partial charge in [0.2, 0.25) is 10.0 Å². The molecule has 0 radical (unpaired) electrons. The number of carbonyl (C=O) groups is 1. The Bertz CT molecular complexity index is 896. The molecule has 0 aliphatic rings. The van der Waals surface area contributed by atoms with Gasteiger partial charge in [0, 0.05) is 13.1 Å². The second kappa shape index (κ2) is 8.37. The zero-order chi connectivity index (χ0) is 19.3. The van der Waals surface area contributed by atoms with E-state index in [0.717, 1.165) is 22.5 Å². The van der Waals surface area contributed by atoms with Crippen molar-refractivity contribution in [1.29, 1.82) is 0 Å². The van der Waals surface area contributed by atoms with E-state index in [9.17, 15) is 22.0 Å². The van der Waals surface area contributed by atoms with E-state index < -0.39 is 32.5 Å². The summed E-state index contributed by atoms with van der Waals surface area (Å²) in [7, 11) is -4.06. The van der Waals surface area contributed by atoms with Crippen molar-refractivity contribution in [3.05, 3.63) is 65.2 Å². The molecule has 0 amide bonds. The first-order chi connectivity index (χ1) is 12.3. The van der Waals surface area contributed by atoms with Crippen molar-refractivity contribution < 1.29 is 26.7 Å². The van der Waals surface area contributed by atoms with E-state index in [1.165, 1.54) is 18.2 Å². The largest absolute Gasteiger partial charge is 0.457 e. The van der Waals surface area contributed by atoms with Crippen LogP contribution in [0.5, 0.6) is 0 Å². The van der Waals surface area contributed by atoms with Gasteiger partial charge in [-0.3, -0.25) is 0 Å². The summed E-state index contributed by atoms with van der Waals surface area (Å²) in [4.78, 5) is 11.6. The van der Waals surface area contributed by atoms with Crippen molar-refractivity contribution >= 4 is 16.0 Å². The molecule has 0 bridgehead atoms. The van der Waals surface area contributed by atoms with Gasteiger partial charge in [-0.2, -0.15) is 4.31 Å². The molecule has 0 aliphatic heterocycles. The van der Waals surface area contributed by atoms with Gasteiger partial charge in [0.25, 0.3) is 0 Å². The smallest absolute Gasteiger partial charge is 0.338 e. The summed E-state index contributed by atoms with van der Waals surface area (Å²) in [5.41, 5.74) is 0.338. The highest BCUT2D eigenvalue weighted by atomic mass is 32.2. The average molecular weight is 383 g/mol. The minimum Gasteiger partial charge on any atom is -0.457 e. The number of hydrogen-bond acceptors (Lipinski definition) is 4. The van der Waals surface area contributed by atoms with Crippen LogP contribution in [0.3, 0.4) is 0 Å². The summed E-state index contributed by atoms with van der Waals surface area (Å²) in [5, 5.41) is 0. The number of sulfonamides is 1. The summed E-state index contributed by atoms with van der Waals surface area (Å²) in [6.45, 7) is 3.43. The molecule has 2 aromatic rings. The van der Waals surface area contributed by atoms with E-state index in [1.807, 2.05) is 0 Å². The molecule has 140 valence electrons. The van der Waals surface area contributed by atoms with Gasteiger partial charge in [-0.1, -0.05) is 26.0 Å². The molecule has 2 aromatic carbocycles. The lowest BCUT2D eigenvalue weighted by atomic mass is 10.2. The third-order valence-electron chi connectivity index (χ3n) is 3.75.